The summed E-state index contributed by atoms with van der Waals surface area (Å²) in [5.74, 6) is 4.24. The molecule has 7 aromatic carbocycles. The number of thiol groups is 1. The number of halogens is 7. The van der Waals surface area contributed by atoms with Gasteiger partial charge in [0.15, 0.2) is 11.7 Å². The normalized spacial score (nSPS) is 8.97. The summed E-state index contributed by atoms with van der Waals surface area (Å²) in [6, 6.07) is 39.6. The summed E-state index contributed by atoms with van der Waals surface area (Å²) in [7, 11) is 23.1. The number of aromatic nitrogens is 2. The van der Waals surface area contributed by atoms with Crippen LogP contribution in [0.3, 0.4) is 0 Å². The number of rotatable bonds is 32. The first-order chi connectivity index (χ1) is 68.3. The fraction of sp³-hybridized carbons (Fsp3) is 0.381. The number of benzene rings is 7. The van der Waals surface area contributed by atoms with Crippen molar-refractivity contribution in [3.63, 3.8) is 0 Å². The molecule has 8 aromatic rings. The van der Waals surface area contributed by atoms with Crippen LogP contribution in [0, 0.1) is 77.1 Å². The zero-order valence-corrected chi connectivity index (χ0v) is 100. The maximum absolute atomic E-state index is 12.4. The summed E-state index contributed by atoms with van der Waals surface area (Å²) in [5.41, 5.74) is 29.1. The van der Waals surface area contributed by atoms with Gasteiger partial charge >= 0.3 is 138 Å². The van der Waals surface area contributed by atoms with Gasteiger partial charge in [-0.3, -0.25) is 43.7 Å². The van der Waals surface area contributed by atoms with Gasteiger partial charge in [0.05, 0.1) is 75.3 Å². The third-order valence-electron chi connectivity index (χ3n) is 17.2. The average molecular weight is 2320 g/mol. The van der Waals surface area contributed by atoms with E-state index in [-0.39, 0.29) is 184 Å². The number of unbranched alkanes of at least 4 members (excludes halogenated alkanes) is 2. The maximum Gasteiger partial charge on any atom is 1.00 e. The number of methoxy groups -OCH3 is 7. The van der Waals surface area contributed by atoms with E-state index in [2.05, 4.69) is 141 Å². The van der Waals surface area contributed by atoms with Gasteiger partial charge in [-0.15, -0.1) is 11.6 Å². The molecule has 0 aliphatic heterocycles. The van der Waals surface area contributed by atoms with Gasteiger partial charge in [0, 0.05) is 108 Å². The Kier molecular flexibility index (Phi) is 119. The fourth-order valence-corrected chi connectivity index (χ4v) is 11.7. The van der Waals surface area contributed by atoms with Crippen LogP contribution in [0.1, 0.15) is 183 Å². The number of esters is 2. The maximum atomic E-state index is 12.4. The Hall–Kier alpha value is -9.47. The number of anilines is 1. The molecule has 0 aliphatic rings. The minimum Gasteiger partial charge on any atom is -1.00 e. The van der Waals surface area contributed by atoms with Crippen LogP contribution in [0.2, 0.25) is 0 Å². The number of aryl methyl sites for hydroxylation is 5. The van der Waals surface area contributed by atoms with E-state index < -0.39 is 32.3 Å². The number of ether oxygens (including phenoxy) is 9. The number of carbonyl (C=O) groups excluding carboxylic acids is 11. The first-order valence-corrected chi connectivity index (χ1v) is 51.2. The van der Waals surface area contributed by atoms with E-state index in [4.69, 9.17) is 137 Å². The van der Waals surface area contributed by atoms with Crippen molar-refractivity contribution in [2.45, 2.75) is 177 Å². The predicted molar refractivity (Wildman–Crippen MR) is 571 cm³/mol. The van der Waals surface area contributed by atoms with Crippen molar-refractivity contribution >= 4 is 195 Å². The van der Waals surface area contributed by atoms with Crippen LogP contribution >= 0.6 is 101 Å². The Balaban J connectivity index is -0.000000114. The molecule has 0 aliphatic carbocycles. The zero-order chi connectivity index (χ0) is 112. The molecular formula is C97H123AlBBrCl6LiN12Na2O24PS2. The molecule has 4 radical (unpaired) electrons. The number of carbonyl (C=O) groups is 5. The van der Waals surface area contributed by atoms with Crippen molar-refractivity contribution in [2.24, 2.45) is 21.7 Å². The number of H-pyrrole nitrogens is 1. The van der Waals surface area contributed by atoms with E-state index in [0.717, 1.165) is 138 Å². The summed E-state index contributed by atoms with van der Waals surface area (Å²) in [6.07, 6.45) is 6.28. The number of hydrogen-bond acceptors (Lipinski definition) is 30. The van der Waals surface area contributed by atoms with Crippen molar-refractivity contribution in [1.29, 1.82) is 10.7 Å². The Morgan fingerprint density at radius 2 is 0.899 bits per heavy atom. The summed E-state index contributed by atoms with van der Waals surface area (Å²) in [4.78, 5) is 138. The van der Waals surface area contributed by atoms with Gasteiger partial charge in [-0.2, -0.15) is 28.8 Å². The van der Waals surface area contributed by atoms with Crippen LogP contribution in [0.25, 0.3) is 19.4 Å². The minimum absolute atomic E-state index is 0. The fourth-order valence-electron chi connectivity index (χ4n) is 11.1. The van der Waals surface area contributed by atoms with Gasteiger partial charge in [-0.1, -0.05) is 73.8 Å². The van der Waals surface area contributed by atoms with Crippen LogP contribution in [0.5, 0.6) is 40.2 Å². The second kappa shape index (κ2) is 107. The number of Topliss-reactive ketones (excluding diaryl/α,β-unsaturated/α-hetero) is 3. The van der Waals surface area contributed by atoms with Gasteiger partial charge in [-0.05, 0) is 256 Å². The number of alkyl halides is 2. The zero-order valence-electron chi connectivity index (χ0n) is 88.4. The topological polar surface area (TPSA) is 526 Å². The van der Waals surface area contributed by atoms with Crippen molar-refractivity contribution in [3.05, 3.63) is 279 Å². The first-order valence-electron chi connectivity index (χ1n) is 41.9. The third-order valence-corrected chi connectivity index (χ3v) is 18.1. The second-order valence-electron chi connectivity index (χ2n) is 27.3. The molecule has 0 spiro atoms. The molecule has 9 N–H and O–H groups in total. The van der Waals surface area contributed by atoms with Crippen molar-refractivity contribution < 1.29 is 190 Å². The van der Waals surface area contributed by atoms with Crippen molar-refractivity contribution in [3.8, 4) is 40.2 Å². The van der Waals surface area contributed by atoms with Crippen LogP contribution in [-0.4, -0.2) is 161 Å². The largest absolute Gasteiger partial charge is 1.00 e. The quantitative estimate of drug-likeness (QED) is 0.00176. The van der Waals surface area contributed by atoms with Gasteiger partial charge in [0.1, 0.15) is 64.2 Å². The molecule has 148 heavy (non-hydrogen) atoms. The molecule has 1 unspecified atom stereocenters. The van der Waals surface area contributed by atoms with E-state index in [1.54, 1.807) is 82.7 Å². The molecule has 1 atom stereocenters. The summed E-state index contributed by atoms with van der Waals surface area (Å²) in [5, 5.41) is 18.6. The number of nitrogens with one attached hydrogen (secondary N) is 2. The number of nitrogens with zero attached hydrogens (tertiary/aromatic N) is 7. The standard InChI is InChI=1S/C19H25NO4.C16H18N4O2.C10H10BrNO.C10H11NO.C10H12O2.C9H11ClO.C9H16O3.C9H12O2.CH5N3.CN.3CO2.Al.BHNS.Cl3OP.Cl2OS.Li.2Na.2H/c1-5-7-8-17(21)16(19(22)24-6-2)12-15-11-14(13-20-3)9-10-18(15)23-4;1-4-13-12(15(21)20-16(17)19-13)8-11-7-10(9-18-2)5-6-14(11)22-3;1-12-7-8-3-4-10(13-2)9(5-8)6-11;1-8-6-9(7-11-2)4-5-10(8)12-3;1-7-6-9(8(2)11)4-5-10(7)12-3;1-7-5-8(6-10)3-4-9(7)11-2;1-3-5-6-8(10)7-9(11)12-4-2;1-7-5-8(6-10)3-4-9(7)11-2;2-1(3)4;1-2;3*2-1-3;;1-2-3;1-5(2,3)4;1-4(2)3;;;;;/h9-11,16H,5-8,12-13H2,1-2,4H3;5-7H,4,8-9H2,1,3H3,(H3,17,19,20,21);3-5H,6-7H2,2H3;4-6H,7H2,1,3H3;4-6H,1-3H3;3-5H,6H2,1-2H3;3-7H2,1-2H3;3-5,10H,6H2,1-2H3;(H5,2,3,4);;;;;;3H;;;;;;;/q;;;;;;;;;-1;;;;;;;;3*+1;2*-1. The van der Waals surface area contributed by atoms with Crippen molar-refractivity contribution in [2.75, 3.05) is 68.7 Å². The van der Waals surface area contributed by atoms with Gasteiger partial charge in [0.25, 0.3) is 5.56 Å². The molecule has 8 rings (SSSR count). The number of aliphatic hydroxyl groups is 1. The molecule has 1 heterocycles. The average Bonchev–Trinajstić information content (AvgIpc) is 0.807. The Bertz CT molecular complexity index is 5530. The van der Waals surface area contributed by atoms with E-state index >= 15 is 0 Å². The first kappa shape index (κ1) is 164. The Morgan fingerprint density at radius 1 is 0.595 bits per heavy atom. The second-order valence-corrected chi connectivity index (χ2v) is 37.5. The smallest absolute Gasteiger partial charge is 1.00 e. The van der Waals surface area contributed by atoms with E-state index in [1.165, 1.54) is 0 Å². The van der Waals surface area contributed by atoms with E-state index in [1.807, 2.05) is 164 Å². The minimum atomic E-state index is -3.22. The van der Waals surface area contributed by atoms with Crippen LogP contribution in [0.4, 0.5) is 5.95 Å². The molecule has 0 bridgehead atoms. The molecule has 0 fully saturated rings. The van der Waals surface area contributed by atoms with Gasteiger partial charge in [0.2, 0.25) is 41.4 Å². The Morgan fingerprint density at radius 3 is 1.22 bits per heavy atom. The van der Waals surface area contributed by atoms with Gasteiger partial charge in [-0.25, -0.2) is 35.5 Å². The molecule has 0 saturated carbocycles. The number of nitrogen functional groups attached to an aromatic ring is 1. The Labute approximate surface area is 982 Å². The molecule has 0 saturated heterocycles. The summed E-state index contributed by atoms with van der Waals surface area (Å²) >= 11 is 26.1. The van der Waals surface area contributed by atoms with Crippen LogP contribution < -0.4 is 134 Å². The number of guanidine groups is 1. The predicted octanol–water partition coefficient (Wildman–Crippen LogP) is 11.2. The SMILES string of the molecule is CCCCC(=O)CC(=O)OCC.COc1ccc(C(C)=O)cc1C.COc1ccc(CCl)cc1C.COc1ccc(CO)cc1C.N=C(N)N.O=C=O.O=C=O.O=C=O.O=P(Cl)(Cl)Cl.O=S(Cl)Cl.[Al].[B]=NS.[C-]#N.[C-]#[N+]Cc1ccc(OC)c(C)c1.[C-]#[N+]Cc1ccc(OC)c(CBr)c1.[C-]#[N+]Cc1ccc(OC)c(CC(C(=O)CCCC)C(=O)OCC)c1.[C-]#[N+]Cc1ccc(OC)c(Cc2c(CC)nc(N)[nH]c2=O)c1.[H-].[H-].[Li+].[Na+].[Na+]. The number of aromatic amines is 1. The number of hydrogen-bond donors (Lipinski definition) is 7. The molecule has 790 valence electrons. The molecular weight excluding hydrogens is 2200 g/mol. The number of aliphatic hydroxyl groups excluding tert-OH is 1. The number of nitrogens with two attached hydrogens (primary N) is 3. The monoisotopic (exact) mass is 2310 g/mol. The van der Waals surface area contributed by atoms with Crippen molar-refractivity contribution in [1.82, 2.24) is 9.97 Å². The van der Waals surface area contributed by atoms with Crippen LogP contribution in [-0.2, 0) is 134 Å². The summed E-state index contributed by atoms with van der Waals surface area (Å²) in [6.45, 7) is 53.1. The summed E-state index contributed by atoms with van der Waals surface area (Å²) < 4.78 is 67.2. The third kappa shape index (κ3) is 87.3. The van der Waals surface area contributed by atoms with E-state index in [0.29, 0.717) is 80.6 Å². The molecule has 36 nitrogen and oxygen atoms in total. The molecule has 1 aromatic heterocycles. The number of ketones is 3. The molecule has 0 amide bonds. The van der Waals surface area contributed by atoms with E-state index in [9.17, 15) is 33.3 Å². The van der Waals surface area contributed by atoms with Crippen LogP contribution in [0.15, 0.2) is 136 Å². The molecule has 51 heteroatoms. The van der Waals surface area contributed by atoms with Gasteiger partial charge < -0.3 is 99.0 Å².